The lowest BCUT2D eigenvalue weighted by Crippen LogP contribution is -2.45. The highest BCUT2D eigenvalue weighted by Crippen LogP contribution is 2.36. The van der Waals surface area contributed by atoms with E-state index in [1.807, 2.05) is 27.7 Å². The van der Waals surface area contributed by atoms with Crippen LogP contribution in [-0.4, -0.2) is 61.4 Å². The molecule has 0 N–H and O–H groups in total. The van der Waals surface area contributed by atoms with E-state index in [0.29, 0.717) is 11.6 Å². The molecule has 7 heteroatoms. The lowest BCUT2D eigenvalue weighted by Gasteiger charge is -2.32. The Hall–Kier alpha value is -1.05. The fourth-order valence-electron chi connectivity index (χ4n) is 2.49. The van der Waals surface area contributed by atoms with Crippen molar-refractivity contribution in [1.82, 2.24) is 9.88 Å². The molecule has 0 spiro atoms. The van der Waals surface area contributed by atoms with Crippen LogP contribution in [0.2, 0.25) is 0 Å². The number of hydrogen-bond acceptors (Lipinski definition) is 6. The second-order valence-electron chi connectivity index (χ2n) is 6.93. The van der Waals surface area contributed by atoms with Gasteiger partial charge in [-0.2, -0.15) is 0 Å². The predicted molar refractivity (Wildman–Crippen MR) is 81.9 cm³/mol. The van der Waals surface area contributed by atoms with Crippen LogP contribution in [-0.2, 0) is 9.31 Å². The van der Waals surface area contributed by atoms with Crippen molar-refractivity contribution in [2.75, 3.05) is 38.1 Å². The Labute approximate surface area is 126 Å². The van der Waals surface area contributed by atoms with Crippen LogP contribution in [0.3, 0.4) is 0 Å². The van der Waals surface area contributed by atoms with Crippen LogP contribution in [0.15, 0.2) is 10.7 Å². The highest BCUT2D eigenvalue weighted by Gasteiger charge is 2.53. The van der Waals surface area contributed by atoms with E-state index in [9.17, 15) is 0 Å². The van der Waals surface area contributed by atoms with Gasteiger partial charge in [0, 0.05) is 26.2 Å². The second kappa shape index (κ2) is 5.00. The van der Waals surface area contributed by atoms with Crippen molar-refractivity contribution in [1.29, 1.82) is 0 Å². The smallest absolute Gasteiger partial charge is 0.432 e. The van der Waals surface area contributed by atoms with Gasteiger partial charge in [-0.1, -0.05) is 0 Å². The summed E-state index contributed by atoms with van der Waals surface area (Å²) in [7, 11) is 1.67. The molecule has 0 aromatic carbocycles. The number of rotatable bonds is 2. The molecule has 0 bridgehead atoms. The van der Waals surface area contributed by atoms with Crippen LogP contribution in [0.5, 0.6) is 0 Å². The second-order valence-corrected chi connectivity index (χ2v) is 6.93. The molecule has 0 unspecified atom stereocenters. The van der Waals surface area contributed by atoms with Crippen molar-refractivity contribution in [3.8, 4) is 0 Å². The zero-order chi connectivity index (χ0) is 15.3. The third-order valence-corrected chi connectivity index (χ3v) is 4.78. The molecule has 3 heterocycles. The van der Waals surface area contributed by atoms with Crippen LogP contribution < -0.4 is 10.5 Å². The lowest BCUT2D eigenvalue weighted by molar-refractivity contribution is 0.00578. The average Bonchev–Trinajstić information content (AvgIpc) is 2.94. The molecular formula is C14H24BN3O3. The summed E-state index contributed by atoms with van der Waals surface area (Å²) < 4.78 is 17.6. The number of nitrogens with zero attached hydrogens (tertiary/aromatic N) is 3. The Morgan fingerprint density at radius 3 is 2.19 bits per heavy atom. The largest absolute Gasteiger partial charge is 0.518 e. The summed E-state index contributed by atoms with van der Waals surface area (Å²) in [5.41, 5.74) is -0.00234. The van der Waals surface area contributed by atoms with E-state index >= 15 is 0 Å². The fourth-order valence-corrected chi connectivity index (χ4v) is 2.49. The molecule has 1 aromatic rings. The molecule has 116 valence electrons. The average molecular weight is 293 g/mol. The van der Waals surface area contributed by atoms with E-state index in [2.05, 4.69) is 21.8 Å². The summed E-state index contributed by atoms with van der Waals surface area (Å²) in [6.07, 6.45) is 1.65. The normalized spacial score (nSPS) is 25.6. The number of likely N-dealkylation sites (N-methyl/N-ethyl adjacent to an activating group) is 1. The Bertz CT molecular complexity index is 493. The molecule has 6 nitrogen and oxygen atoms in total. The summed E-state index contributed by atoms with van der Waals surface area (Å²) in [6, 6.07) is 0.660. The van der Waals surface area contributed by atoms with Crippen molar-refractivity contribution in [3.05, 3.63) is 6.26 Å². The highest BCUT2D eigenvalue weighted by molar-refractivity contribution is 6.61. The maximum Gasteiger partial charge on any atom is 0.518 e. The van der Waals surface area contributed by atoms with Crippen LogP contribution in [0.1, 0.15) is 27.7 Å². The fraction of sp³-hybridized carbons (Fsp3) is 0.786. The van der Waals surface area contributed by atoms with E-state index in [1.165, 1.54) is 0 Å². The van der Waals surface area contributed by atoms with E-state index < -0.39 is 7.12 Å². The monoisotopic (exact) mass is 293 g/mol. The topological polar surface area (TPSA) is 51.0 Å². The molecule has 0 amide bonds. The van der Waals surface area contributed by atoms with Crippen molar-refractivity contribution in [3.63, 3.8) is 0 Å². The van der Waals surface area contributed by atoms with Gasteiger partial charge in [0.05, 0.1) is 11.2 Å². The molecule has 1 aromatic heterocycles. The Morgan fingerprint density at radius 2 is 1.62 bits per heavy atom. The van der Waals surface area contributed by atoms with E-state index in [1.54, 1.807) is 6.26 Å². The SMILES string of the molecule is CN1CCN(c2nc(B3OC(C)(C)C(C)(C)O3)co2)CC1. The van der Waals surface area contributed by atoms with Gasteiger partial charge in [0.25, 0.3) is 6.01 Å². The first kappa shape index (κ1) is 14.9. The van der Waals surface area contributed by atoms with Crippen molar-refractivity contribution in [2.24, 2.45) is 0 Å². The molecule has 0 aliphatic carbocycles. The molecule has 21 heavy (non-hydrogen) atoms. The van der Waals surface area contributed by atoms with Gasteiger partial charge in [-0.05, 0) is 34.7 Å². The number of hydrogen-bond donors (Lipinski definition) is 0. The van der Waals surface area contributed by atoms with Gasteiger partial charge >= 0.3 is 7.12 Å². The zero-order valence-corrected chi connectivity index (χ0v) is 13.5. The minimum absolute atomic E-state index is 0.357. The van der Waals surface area contributed by atoms with Crippen LogP contribution in [0.4, 0.5) is 6.01 Å². The Balaban J connectivity index is 1.71. The predicted octanol–water partition coefficient (Wildman–Crippen LogP) is 0.726. The van der Waals surface area contributed by atoms with E-state index in [-0.39, 0.29) is 11.2 Å². The first-order chi connectivity index (χ1) is 9.78. The zero-order valence-electron chi connectivity index (χ0n) is 13.5. The van der Waals surface area contributed by atoms with Gasteiger partial charge in [-0.3, -0.25) is 0 Å². The van der Waals surface area contributed by atoms with Gasteiger partial charge < -0.3 is 23.5 Å². The minimum Gasteiger partial charge on any atom is -0.432 e. The quantitative estimate of drug-likeness (QED) is 0.749. The number of aromatic nitrogens is 1. The summed E-state index contributed by atoms with van der Waals surface area (Å²) in [5.74, 6) is 0. The lowest BCUT2D eigenvalue weighted by atomic mass is 9.86. The van der Waals surface area contributed by atoms with Gasteiger partial charge in [-0.25, -0.2) is 4.98 Å². The van der Waals surface area contributed by atoms with Gasteiger partial charge in [0.2, 0.25) is 0 Å². The molecular weight excluding hydrogens is 269 g/mol. The third-order valence-electron chi connectivity index (χ3n) is 4.78. The first-order valence-corrected chi connectivity index (χ1v) is 7.53. The third kappa shape index (κ3) is 2.70. The van der Waals surface area contributed by atoms with Crippen molar-refractivity contribution in [2.45, 2.75) is 38.9 Å². The molecule has 2 saturated heterocycles. The number of piperazine rings is 1. The molecule has 2 aliphatic heterocycles. The molecule has 0 atom stereocenters. The molecule has 0 saturated carbocycles. The Morgan fingerprint density at radius 1 is 1.05 bits per heavy atom. The standard InChI is InChI=1S/C14H24BN3O3/c1-13(2)14(3,4)21-15(20-13)11-10-19-12(16-11)18-8-6-17(5)7-9-18/h10H,6-9H2,1-5H3. The van der Waals surface area contributed by atoms with Crippen LogP contribution in [0, 0.1) is 0 Å². The van der Waals surface area contributed by atoms with Crippen molar-refractivity contribution < 1.29 is 13.7 Å². The van der Waals surface area contributed by atoms with E-state index in [4.69, 9.17) is 13.7 Å². The summed E-state index contributed by atoms with van der Waals surface area (Å²) >= 11 is 0. The first-order valence-electron chi connectivity index (χ1n) is 7.53. The molecule has 2 aliphatic rings. The van der Waals surface area contributed by atoms with Gasteiger partial charge in [0.1, 0.15) is 11.9 Å². The van der Waals surface area contributed by atoms with Gasteiger partial charge in [0.15, 0.2) is 0 Å². The van der Waals surface area contributed by atoms with E-state index in [0.717, 1.165) is 26.2 Å². The maximum atomic E-state index is 6.00. The Kier molecular flexibility index (Phi) is 3.54. The van der Waals surface area contributed by atoms with Gasteiger partial charge in [-0.15, -0.1) is 0 Å². The van der Waals surface area contributed by atoms with Crippen LogP contribution in [0.25, 0.3) is 0 Å². The maximum absolute atomic E-state index is 6.00. The summed E-state index contributed by atoms with van der Waals surface area (Å²) in [4.78, 5) is 9.02. The number of oxazole rings is 1. The molecule has 3 rings (SSSR count). The van der Waals surface area contributed by atoms with Crippen molar-refractivity contribution >= 4 is 18.7 Å². The minimum atomic E-state index is -0.458. The summed E-state index contributed by atoms with van der Waals surface area (Å²) in [6.45, 7) is 12.0. The highest BCUT2D eigenvalue weighted by atomic mass is 16.7. The van der Waals surface area contributed by atoms with Crippen LogP contribution >= 0.6 is 0 Å². The molecule has 2 fully saturated rings. The molecule has 0 radical (unpaired) electrons. The summed E-state index contributed by atoms with van der Waals surface area (Å²) in [5, 5.41) is 0. The number of anilines is 1.